The molecule has 3 aliphatic rings. The summed E-state index contributed by atoms with van der Waals surface area (Å²) in [5.74, 6) is 3.66. The number of ether oxygens (including phenoxy) is 3. The first-order valence-corrected chi connectivity index (χ1v) is 35.5. The molecule has 10 rings (SSSR count). The van der Waals surface area contributed by atoms with Crippen molar-refractivity contribution in [3.8, 4) is 17.2 Å². The van der Waals surface area contributed by atoms with Crippen LogP contribution in [0.15, 0.2) is 126 Å². The molecule has 35 heteroatoms. The molecule has 0 spiro atoms. The van der Waals surface area contributed by atoms with Gasteiger partial charge in [-0.25, -0.2) is 34.1 Å². The van der Waals surface area contributed by atoms with Crippen LogP contribution in [0.3, 0.4) is 0 Å². The van der Waals surface area contributed by atoms with Gasteiger partial charge in [-0.1, -0.05) is 53.7 Å². The number of nitrogens with zero attached hydrogens (tertiary/aromatic N) is 9. The zero-order valence-corrected chi connectivity index (χ0v) is 62.6. The second kappa shape index (κ2) is 42.4. The Balaban J connectivity index is 0.000000202. The van der Waals surface area contributed by atoms with Gasteiger partial charge in [0.25, 0.3) is 0 Å². The fourth-order valence-corrected chi connectivity index (χ4v) is 11.0. The highest BCUT2D eigenvalue weighted by Crippen LogP contribution is 2.33. The third kappa shape index (κ3) is 28.6. The number of pyridine rings is 3. The third-order valence-electron chi connectivity index (χ3n) is 16.9. The molecule has 2 fully saturated rings. The van der Waals surface area contributed by atoms with Gasteiger partial charge < -0.3 is 109 Å². The van der Waals surface area contributed by atoms with Crippen LogP contribution in [0.25, 0.3) is 0 Å². The van der Waals surface area contributed by atoms with Crippen LogP contribution in [0.2, 0.25) is 0 Å². The third-order valence-corrected chi connectivity index (χ3v) is 16.9. The van der Waals surface area contributed by atoms with Crippen LogP contribution in [-0.2, 0) is 63.2 Å². The number of nitrogens with one attached hydrogen (secondary N) is 9. The van der Waals surface area contributed by atoms with Crippen LogP contribution in [0.4, 0.5) is 42.3 Å². The van der Waals surface area contributed by atoms with E-state index in [0.717, 1.165) is 58.4 Å². The maximum atomic E-state index is 12.6. The monoisotopic (exact) mass is 1500 g/mol. The number of carbonyl (C=O) groups excluding carboxylic acids is 9. The van der Waals surface area contributed by atoms with E-state index in [4.69, 9.17) is 41.7 Å². The number of amides is 13. The number of aryl methyl sites for hydroxylation is 1. The smallest absolute Gasteiger partial charge is 0.315 e. The number of likely N-dealkylation sites (tertiary alicyclic amines) is 1. The minimum Gasteiger partial charge on any atom is -0.497 e. The number of nitrogens with two attached hydrogens (primary N) is 4. The van der Waals surface area contributed by atoms with Crippen molar-refractivity contribution in [2.45, 2.75) is 144 Å². The van der Waals surface area contributed by atoms with Crippen molar-refractivity contribution in [3.05, 3.63) is 167 Å². The Bertz CT molecular complexity index is 4130. The molecule has 0 aliphatic carbocycles. The first-order chi connectivity index (χ1) is 52.2. The first kappa shape index (κ1) is 83.6. The normalized spacial score (nSPS) is 13.7. The second-order valence-electron chi connectivity index (χ2n) is 26.3. The number of rotatable bonds is 27. The lowest BCUT2D eigenvalue weighted by Crippen LogP contribution is -2.49. The van der Waals surface area contributed by atoms with Crippen LogP contribution >= 0.6 is 0 Å². The van der Waals surface area contributed by atoms with E-state index >= 15 is 0 Å². The molecular formula is C74H100N22O13. The SMILES string of the molecule is CC(C)N(CC1CCC(=O)N1)C(=O)CNC(=O)NCc1ccc(N)nc1.CC(C)N(Cc1ccc2c(c1)OCO2)C(=O)CNC(=O)NCc1ccc(N)nc1.COc1cccc(CN(C(=O)CNC(=O)NCc2ccc(N)nc2)C(C)C)c1.Cc1noc(C2CCCN2C(=O)CNC(=O)NCc2ccc(N)cc2)n1. The molecule has 17 N–H and O–H groups in total. The van der Waals surface area contributed by atoms with E-state index < -0.39 is 24.1 Å². The molecule has 0 radical (unpaired) electrons. The van der Waals surface area contributed by atoms with E-state index in [1.54, 1.807) is 101 Å². The predicted octanol–water partition coefficient (Wildman–Crippen LogP) is 4.64. The summed E-state index contributed by atoms with van der Waals surface area (Å²) >= 11 is 0. The minimum absolute atomic E-state index is 0.00980. The van der Waals surface area contributed by atoms with Crippen molar-refractivity contribution < 1.29 is 61.9 Å². The summed E-state index contributed by atoms with van der Waals surface area (Å²) < 4.78 is 21.1. The Morgan fingerprint density at radius 3 is 1.46 bits per heavy atom. The van der Waals surface area contributed by atoms with Gasteiger partial charge in [0.2, 0.25) is 42.2 Å². The van der Waals surface area contributed by atoms with Gasteiger partial charge in [0.05, 0.1) is 33.3 Å². The van der Waals surface area contributed by atoms with Gasteiger partial charge in [0.1, 0.15) is 29.2 Å². The fourth-order valence-electron chi connectivity index (χ4n) is 11.0. The zero-order valence-electron chi connectivity index (χ0n) is 62.6. The maximum absolute atomic E-state index is 12.6. The van der Waals surface area contributed by atoms with E-state index in [1.165, 1.54) is 0 Å². The summed E-state index contributed by atoms with van der Waals surface area (Å²) in [6.45, 7) is 16.2. The number of nitrogen functional groups attached to an aromatic ring is 4. The molecule has 0 saturated carbocycles. The largest absolute Gasteiger partial charge is 0.497 e. The molecule has 109 heavy (non-hydrogen) atoms. The molecule has 13 amide bonds. The van der Waals surface area contributed by atoms with Gasteiger partial charge >= 0.3 is 24.1 Å². The molecule has 7 aromatic rings. The van der Waals surface area contributed by atoms with Gasteiger partial charge in [-0.05, 0) is 156 Å². The molecule has 2 atom stereocenters. The van der Waals surface area contributed by atoms with Crippen molar-refractivity contribution in [1.82, 2.24) is 92.5 Å². The average Bonchev–Trinajstić information content (AvgIpc) is 1.69. The van der Waals surface area contributed by atoms with E-state index in [2.05, 4.69) is 72.9 Å². The van der Waals surface area contributed by atoms with Crippen LogP contribution < -0.4 is 85.0 Å². The first-order valence-electron chi connectivity index (χ1n) is 35.5. The summed E-state index contributed by atoms with van der Waals surface area (Å²) in [5, 5.41) is 27.7. The van der Waals surface area contributed by atoms with Crippen LogP contribution in [0.5, 0.6) is 17.2 Å². The van der Waals surface area contributed by atoms with Gasteiger partial charge in [-0.15, -0.1) is 0 Å². The Kier molecular flexibility index (Phi) is 32.5. The highest BCUT2D eigenvalue weighted by atomic mass is 16.7. The van der Waals surface area contributed by atoms with Gasteiger partial charge in [0, 0.05) is 107 Å². The van der Waals surface area contributed by atoms with Gasteiger partial charge in [-0.2, -0.15) is 4.98 Å². The van der Waals surface area contributed by atoms with Crippen LogP contribution in [-0.4, -0.2) is 176 Å². The lowest BCUT2D eigenvalue weighted by molar-refractivity contribution is -0.133. The number of carbonyl (C=O) groups is 9. The number of aromatic nitrogens is 5. The Hall–Kier alpha value is -12.7. The molecule has 2 unspecified atom stereocenters. The Morgan fingerprint density at radius 1 is 0.550 bits per heavy atom. The number of benzene rings is 3. The second-order valence-corrected chi connectivity index (χ2v) is 26.3. The molecular weight excluding hydrogens is 1400 g/mol. The van der Waals surface area contributed by atoms with E-state index in [-0.39, 0.29) is 99.3 Å². The Labute approximate surface area is 632 Å². The number of fused-ring (bicyclic) bond motifs is 1. The average molecular weight is 1510 g/mol. The lowest BCUT2D eigenvalue weighted by Gasteiger charge is -2.29. The van der Waals surface area contributed by atoms with Crippen molar-refractivity contribution in [1.29, 1.82) is 0 Å². The molecule has 7 heterocycles. The molecule has 2 saturated heterocycles. The summed E-state index contributed by atoms with van der Waals surface area (Å²) in [6.07, 6.45) is 7.61. The molecule has 0 bridgehead atoms. The summed E-state index contributed by atoms with van der Waals surface area (Å²) in [7, 11) is 1.60. The predicted molar refractivity (Wildman–Crippen MR) is 405 cm³/mol. The van der Waals surface area contributed by atoms with E-state index in [1.807, 2.05) is 96.1 Å². The quantitative estimate of drug-likeness (QED) is 0.0312. The van der Waals surface area contributed by atoms with Gasteiger partial charge in [0.15, 0.2) is 17.3 Å². The minimum atomic E-state index is -0.437. The zero-order chi connectivity index (χ0) is 78.9. The molecule has 584 valence electrons. The highest BCUT2D eigenvalue weighted by molar-refractivity contribution is 5.87. The van der Waals surface area contributed by atoms with Crippen molar-refractivity contribution in [2.24, 2.45) is 0 Å². The van der Waals surface area contributed by atoms with Crippen molar-refractivity contribution in [2.75, 3.05) is 76.1 Å². The van der Waals surface area contributed by atoms with E-state index in [0.29, 0.717) is 98.6 Å². The summed E-state index contributed by atoms with van der Waals surface area (Å²) in [6, 6.07) is 28.7. The number of hydrogen-bond donors (Lipinski definition) is 13. The molecule has 3 aliphatic heterocycles. The molecule has 3 aromatic carbocycles. The van der Waals surface area contributed by atoms with Crippen LogP contribution in [0, 0.1) is 6.92 Å². The number of methoxy groups -OCH3 is 1. The van der Waals surface area contributed by atoms with E-state index in [9.17, 15) is 43.2 Å². The number of urea groups is 4. The Morgan fingerprint density at radius 2 is 1.01 bits per heavy atom. The van der Waals surface area contributed by atoms with Crippen LogP contribution in [0.1, 0.15) is 118 Å². The topological polar surface area (TPSA) is 484 Å². The molecule has 35 nitrogen and oxygen atoms in total. The number of anilines is 4. The lowest BCUT2D eigenvalue weighted by atomic mass is 10.1. The fraction of sp³-hybridized carbons (Fsp3) is 0.405. The summed E-state index contributed by atoms with van der Waals surface area (Å²) in [5.41, 5.74) is 28.1. The maximum Gasteiger partial charge on any atom is 0.315 e. The molecule has 4 aromatic heterocycles. The summed E-state index contributed by atoms with van der Waals surface area (Å²) in [4.78, 5) is 132. The van der Waals surface area contributed by atoms with Crippen molar-refractivity contribution in [3.63, 3.8) is 0 Å². The van der Waals surface area contributed by atoms with Crippen molar-refractivity contribution >= 4 is 76.8 Å². The van der Waals surface area contributed by atoms with Gasteiger partial charge in [-0.3, -0.25) is 24.0 Å². The highest BCUT2D eigenvalue weighted by Gasteiger charge is 2.34. The number of hydrogen-bond acceptors (Lipinski definition) is 22. The standard InChI is InChI=1S/C20H25N5O4.C20H27N5O3.C17H22N6O3.C17H26N6O3/c1-13(2)25(11-14-3-5-16-17(7-14)29-12-28-16)19(26)10-24-20(27)23-9-15-4-6-18(21)22-8-15;1-14(2)25(13-15-5-4-6-17(9-15)28-3)19(26)12-24-20(27)23-11-16-7-8-18(21)22-10-16;1-11-21-16(26-22-11)14-3-2-8-23(14)15(24)10-20-17(25)19-9-12-4-6-13(18)7-5-12;1-11(2)23(10-13-4-6-15(24)22-13)16(25)9-21-17(26)20-8-12-3-5-14(18)19-7-12/h3-8,13H,9-12H2,1-2H3,(H2,21,22)(H2,23,24,27);4-10,14H,11-13H2,1-3H3,(H2,21,22)(H2,23,24,27);4-7,14H,2-3,8-10,18H2,1H3,(H2,19,20,25);3,5,7,11,13H,4,6,8-10H2,1-2H3,(H2,18,19)(H,22,24)(H2,20,21,26).